The first kappa shape index (κ1) is 11.2. The Labute approximate surface area is 103 Å². The largest absolute Gasteiger partial charge is 0.311 e. The molecular weight excluding hydrogens is 268 g/mol. The molecule has 4 heteroatoms. The molecule has 1 aliphatic rings. The number of benzene rings is 1. The predicted molar refractivity (Wildman–Crippen MR) is 65.4 cm³/mol. The number of halogens is 1. The van der Waals surface area contributed by atoms with Gasteiger partial charge >= 0.3 is 0 Å². The number of carbonyl (C=O) groups excluding carboxylic acids is 1. The van der Waals surface area contributed by atoms with Gasteiger partial charge < -0.3 is 4.90 Å². The van der Waals surface area contributed by atoms with E-state index < -0.39 is 0 Å². The minimum atomic E-state index is 0.148. The molecule has 0 spiro atoms. The van der Waals surface area contributed by atoms with Crippen LogP contribution in [-0.2, 0) is 11.2 Å². The fourth-order valence-corrected chi connectivity index (χ4v) is 2.37. The molecule has 0 N–H and O–H groups in total. The van der Waals surface area contributed by atoms with Crippen LogP contribution in [0.2, 0.25) is 0 Å². The van der Waals surface area contributed by atoms with Gasteiger partial charge in [-0.2, -0.15) is 5.26 Å². The normalized spacial score (nSPS) is 19.9. The molecular formula is C12H11BrN2O. The second kappa shape index (κ2) is 4.67. The zero-order valence-corrected chi connectivity index (χ0v) is 10.3. The van der Waals surface area contributed by atoms with E-state index >= 15 is 0 Å². The third-order valence-electron chi connectivity index (χ3n) is 2.61. The van der Waals surface area contributed by atoms with E-state index in [1.807, 2.05) is 24.3 Å². The Kier molecular flexibility index (Phi) is 3.25. The van der Waals surface area contributed by atoms with Crippen molar-refractivity contribution >= 4 is 27.5 Å². The van der Waals surface area contributed by atoms with Crippen molar-refractivity contribution in [2.45, 2.75) is 17.7 Å². The highest BCUT2D eigenvalue weighted by Gasteiger charge is 2.28. The van der Waals surface area contributed by atoms with Crippen molar-refractivity contribution in [2.75, 3.05) is 11.4 Å². The van der Waals surface area contributed by atoms with Crippen LogP contribution in [0.25, 0.3) is 0 Å². The van der Waals surface area contributed by atoms with Gasteiger partial charge in [-0.05, 0) is 17.7 Å². The van der Waals surface area contributed by atoms with Gasteiger partial charge in [0.2, 0.25) is 5.91 Å². The molecule has 82 valence electrons. The molecule has 1 atom stereocenters. The quantitative estimate of drug-likeness (QED) is 0.779. The number of carbonyl (C=O) groups is 1. The lowest BCUT2D eigenvalue weighted by atomic mass is 10.1. The van der Waals surface area contributed by atoms with Gasteiger partial charge in [0.25, 0.3) is 0 Å². The number of nitriles is 1. The Bertz CT molecular complexity index is 435. The second-order valence-electron chi connectivity index (χ2n) is 3.81. The van der Waals surface area contributed by atoms with Crippen molar-refractivity contribution in [3.63, 3.8) is 0 Å². The summed E-state index contributed by atoms with van der Waals surface area (Å²) in [6, 6.07) is 9.69. The maximum Gasteiger partial charge on any atom is 0.228 e. The van der Waals surface area contributed by atoms with E-state index in [0.717, 1.165) is 17.8 Å². The highest BCUT2D eigenvalue weighted by atomic mass is 79.9. The van der Waals surface area contributed by atoms with Crippen LogP contribution in [-0.4, -0.2) is 17.3 Å². The summed E-state index contributed by atoms with van der Waals surface area (Å²) < 4.78 is 0. The summed E-state index contributed by atoms with van der Waals surface area (Å²) in [5.41, 5.74) is 1.89. The van der Waals surface area contributed by atoms with Crippen molar-refractivity contribution in [1.29, 1.82) is 5.26 Å². The van der Waals surface area contributed by atoms with Gasteiger partial charge in [0.15, 0.2) is 0 Å². The lowest BCUT2D eigenvalue weighted by Crippen LogP contribution is -2.24. The van der Waals surface area contributed by atoms with E-state index in [1.165, 1.54) is 0 Å². The number of nitrogens with zero attached hydrogens (tertiary/aromatic N) is 2. The SMILES string of the molecule is N#CCc1ccc(N2CC(Br)CC2=O)cc1. The first-order valence-electron chi connectivity index (χ1n) is 5.11. The third kappa shape index (κ3) is 2.25. The minimum Gasteiger partial charge on any atom is -0.311 e. The van der Waals surface area contributed by atoms with Crippen molar-refractivity contribution in [1.82, 2.24) is 0 Å². The molecule has 1 aromatic rings. The molecule has 1 aromatic carbocycles. The molecule has 0 bridgehead atoms. The zero-order chi connectivity index (χ0) is 11.5. The first-order chi connectivity index (χ1) is 7.70. The Morgan fingerprint density at radius 1 is 1.44 bits per heavy atom. The third-order valence-corrected chi connectivity index (χ3v) is 3.22. The molecule has 0 aliphatic carbocycles. The van der Waals surface area contributed by atoms with E-state index in [-0.39, 0.29) is 10.7 Å². The Morgan fingerprint density at radius 2 is 2.12 bits per heavy atom. The Hall–Kier alpha value is -1.34. The van der Waals surface area contributed by atoms with Crippen molar-refractivity contribution in [3.05, 3.63) is 29.8 Å². The number of hydrogen-bond donors (Lipinski definition) is 0. The number of amides is 1. The minimum absolute atomic E-state index is 0.148. The summed E-state index contributed by atoms with van der Waals surface area (Å²) in [6.45, 7) is 0.719. The summed E-state index contributed by atoms with van der Waals surface area (Å²) in [6.07, 6.45) is 0.968. The molecule has 1 amide bonds. The fraction of sp³-hybridized carbons (Fsp3) is 0.333. The van der Waals surface area contributed by atoms with Crippen LogP contribution in [0.1, 0.15) is 12.0 Å². The predicted octanol–water partition coefficient (Wildman–Crippen LogP) is 2.25. The number of hydrogen-bond acceptors (Lipinski definition) is 2. The van der Waals surface area contributed by atoms with Gasteiger partial charge in [-0.25, -0.2) is 0 Å². The maximum absolute atomic E-state index is 11.6. The van der Waals surface area contributed by atoms with Crippen LogP contribution in [0.15, 0.2) is 24.3 Å². The van der Waals surface area contributed by atoms with Crippen LogP contribution in [0.4, 0.5) is 5.69 Å². The number of rotatable bonds is 2. The zero-order valence-electron chi connectivity index (χ0n) is 8.69. The smallest absolute Gasteiger partial charge is 0.228 e. The maximum atomic E-state index is 11.6. The number of alkyl halides is 1. The van der Waals surface area contributed by atoms with Crippen molar-refractivity contribution in [3.8, 4) is 6.07 Å². The second-order valence-corrected chi connectivity index (χ2v) is 5.10. The van der Waals surface area contributed by atoms with E-state index in [1.54, 1.807) is 4.90 Å². The average Bonchev–Trinajstić information content (AvgIpc) is 2.59. The van der Waals surface area contributed by atoms with E-state index in [0.29, 0.717) is 12.8 Å². The Morgan fingerprint density at radius 3 is 2.62 bits per heavy atom. The molecule has 0 aromatic heterocycles. The molecule has 2 rings (SSSR count). The molecule has 1 fully saturated rings. The Balaban J connectivity index is 2.16. The molecule has 1 aliphatic heterocycles. The highest BCUT2D eigenvalue weighted by Crippen LogP contribution is 2.25. The average molecular weight is 279 g/mol. The topological polar surface area (TPSA) is 44.1 Å². The van der Waals surface area contributed by atoms with Crippen LogP contribution in [0.5, 0.6) is 0 Å². The molecule has 1 unspecified atom stereocenters. The molecule has 0 saturated carbocycles. The van der Waals surface area contributed by atoms with Crippen LogP contribution < -0.4 is 4.90 Å². The molecule has 1 saturated heterocycles. The van der Waals surface area contributed by atoms with E-state index in [4.69, 9.17) is 5.26 Å². The summed E-state index contributed by atoms with van der Waals surface area (Å²) in [5, 5.41) is 8.56. The monoisotopic (exact) mass is 278 g/mol. The lowest BCUT2D eigenvalue weighted by Gasteiger charge is -2.15. The van der Waals surface area contributed by atoms with Crippen molar-refractivity contribution < 1.29 is 4.79 Å². The lowest BCUT2D eigenvalue weighted by molar-refractivity contribution is -0.117. The first-order valence-corrected chi connectivity index (χ1v) is 6.02. The van der Waals surface area contributed by atoms with Crippen LogP contribution >= 0.6 is 15.9 Å². The van der Waals surface area contributed by atoms with Gasteiger partial charge in [-0.1, -0.05) is 28.1 Å². The van der Waals surface area contributed by atoms with Gasteiger partial charge in [0, 0.05) is 23.5 Å². The van der Waals surface area contributed by atoms with Gasteiger partial charge in [-0.3, -0.25) is 4.79 Å². The van der Waals surface area contributed by atoms with Gasteiger partial charge in [-0.15, -0.1) is 0 Å². The molecule has 1 heterocycles. The van der Waals surface area contributed by atoms with E-state index in [2.05, 4.69) is 22.0 Å². The van der Waals surface area contributed by atoms with Gasteiger partial charge in [0.1, 0.15) is 0 Å². The summed E-state index contributed by atoms with van der Waals surface area (Å²) in [4.78, 5) is 13.7. The van der Waals surface area contributed by atoms with Crippen LogP contribution in [0, 0.1) is 11.3 Å². The summed E-state index contributed by atoms with van der Waals surface area (Å²) in [5.74, 6) is 0.148. The van der Waals surface area contributed by atoms with Gasteiger partial charge in [0.05, 0.1) is 12.5 Å². The highest BCUT2D eigenvalue weighted by molar-refractivity contribution is 9.09. The molecule has 16 heavy (non-hydrogen) atoms. The summed E-state index contributed by atoms with van der Waals surface area (Å²) in [7, 11) is 0. The number of anilines is 1. The summed E-state index contributed by atoms with van der Waals surface area (Å²) >= 11 is 3.45. The van der Waals surface area contributed by atoms with Crippen molar-refractivity contribution in [2.24, 2.45) is 0 Å². The standard InChI is InChI=1S/C12H11BrN2O/c13-10-7-12(16)15(8-10)11-3-1-9(2-4-11)5-6-14/h1-4,10H,5,7-8H2. The fourth-order valence-electron chi connectivity index (χ4n) is 1.80. The molecule has 0 radical (unpaired) electrons. The van der Waals surface area contributed by atoms with Crippen LogP contribution in [0.3, 0.4) is 0 Å². The van der Waals surface area contributed by atoms with E-state index in [9.17, 15) is 4.79 Å². The molecule has 3 nitrogen and oxygen atoms in total.